The van der Waals surface area contributed by atoms with Crippen LogP contribution in [0.3, 0.4) is 0 Å². The van der Waals surface area contributed by atoms with Crippen molar-refractivity contribution < 1.29 is 9.90 Å². The minimum absolute atomic E-state index is 0.122. The third-order valence-corrected chi connectivity index (χ3v) is 3.19. The van der Waals surface area contributed by atoms with Gasteiger partial charge in [0.25, 0.3) is 5.91 Å². The van der Waals surface area contributed by atoms with Gasteiger partial charge in [0.05, 0.1) is 6.21 Å². The van der Waals surface area contributed by atoms with Crippen molar-refractivity contribution >= 4 is 28.1 Å². The molecule has 0 aliphatic rings. The number of phenolic OH excluding ortho intramolecular Hbond substituents is 1. The van der Waals surface area contributed by atoms with Gasteiger partial charge in [-0.25, -0.2) is 5.43 Å². The van der Waals surface area contributed by atoms with E-state index in [0.29, 0.717) is 11.1 Å². The average molecular weight is 333 g/mol. The lowest BCUT2D eigenvalue weighted by atomic mass is 10.1. The maximum Gasteiger partial charge on any atom is 0.271 e. The highest BCUT2D eigenvalue weighted by molar-refractivity contribution is 9.10. The highest BCUT2D eigenvalue weighted by Gasteiger charge is 2.03. The molecule has 0 saturated carbocycles. The minimum Gasteiger partial charge on any atom is -0.507 e. The molecular formula is C15H13BrN2O2. The van der Waals surface area contributed by atoms with E-state index >= 15 is 0 Å². The molecule has 0 saturated heterocycles. The van der Waals surface area contributed by atoms with Crippen molar-refractivity contribution in [1.82, 2.24) is 5.43 Å². The van der Waals surface area contributed by atoms with Crippen LogP contribution in [0.5, 0.6) is 5.75 Å². The molecular weight excluding hydrogens is 320 g/mol. The molecule has 2 N–H and O–H groups in total. The molecule has 5 heteroatoms. The van der Waals surface area contributed by atoms with Gasteiger partial charge in [0, 0.05) is 15.6 Å². The van der Waals surface area contributed by atoms with E-state index in [1.54, 1.807) is 42.5 Å². The van der Waals surface area contributed by atoms with E-state index in [1.807, 2.05) is 6.92 Å². The molecule has 0 aromatic heterocycles. The SMILES string of the molecule is Cc1ccc(O)c(/C=N/NC(=O)c2ccc(Br)cc2)c1. The Balaban J connectivity index is 2.04. The van der Waals surface area contributed by atoms with Gasteiger partial charge >= 0.3 is 0 Å². The first kappa shape index (κ1) is 14.3. The molecule has 102 valence electrons. The Labute approximate surface area is 125 Å². The Bertz CT molecular complexity index is 651. The Hall–Kier alpha value is -2.14. The first-order chi connectivity index (χ1) is 9.56. The summed E-state index contributed by atoms with van der Waals surface area (Å²) in [5, 5.41) is 13.5. The van der Waals surface area contributed by atoms with E-state index in [2.05, 4.69) is 26.5 Å². The lowest BCUT2D eigenvalue weighted by Gasteiger charge is -2.01. The maximum atomic E-state index is 11.8. The number of benzene rings is 2. The summed E-state index contributed by atoms with van der Waals surface area (Å²) in [5.41, 5.74) is 4.49. The topological polar surface area (TPSA) is 61.7 Å². The van der Waals surface area contributed by atoms with Crippen LogP contribution in [0.25, 0.3) is 0 Å². The number of hydrogen-bond donors (Lipinski definition) is 2. The van der Waals surface area contributed by atoms with Gasteiger partial charge in [0.2, 0.25) is 0 Å². The van der Waals surface area contributed by atoms with E-state index in [9.17, 15) is 9.90 Å². The molecule has 0 radical (unpaired) electrons. The van der Waals surface area contributed by atoms with Crippen LogP contribution in [0.4, 0.5) is 0 Å². The third-order valence-electron chi connectivity index (χ3n) is 2.66. The summed E-state index contributed by atoms with van der Waals surface area (Å²) in [6.07, 6.45) is 1.42. The number of carbonyl (C=O) groups excluding carboxylic acids is 1. The Morgan fingerprint density at radius 2 is 1.95 bits per heavy atom. The molecule has 0 unspecified atom stereocenters. The summed E-state index contributed by atoms with van der Waals surface area (Å²) < 4.78 is 0.905. The van der Waals surface area contributed by atoms with E-state index in [1.165, 1.54) is 6.21 Å². The fraction of sp³-hybridized carbons (Fsp3) is 0.0667. The molecule has 0 bridgehead atoms. The molecule has 4 nitrogen and oxygen atoms in total. The number of halogens is 1. The number of aryl methyl sites for hydroxylation is 1. The second-order valence-corrected chi connectivity index (χ2v) is 5.18. The number of aromatic hydroxyl groups is 1. The standard InChI is InChI=1S/C15H13BrN2O2/c1-10-2-7-14(19)12(8-10)9-17-18-15(20)11-3-5-13(16)6-4-11/h2-9,19H,1H3,(H,18,20)/b17-9+. The number of carbonyl (C=O) groups is 1. The lowest BCUT2D eigenvalue weighted by molar-refractivity contribution is 0.0955. The van der Waals surface area contributed by atoms with Crippen molar-refractivity contribution in [3.8, 4) is 5.75 Å². The average Bonchev–Trinajstić information content (AvgIpc) is 2.43. The molecule has 2 aromatic rings. The second-order valence-electron chi connectivity index (χ2n) is 4.27. The molecule has 0 aliphatic heterocycles. The normalized spacial score (nSPS) is 10.7. The highest BCUT2D eigenvalue weighted by atomic mass is 79.9. The van der Waals surface area contributed by atoms with E-state index < -0.39 is 0 Å². The summed E-state index contributed by atoms with van der Waals surface area (Å²) >= 11 is 3.30. The molecule has 0 spiro atoms. The van der Waals surface area contributed by atoms with Crippen molar-refractivity contribution in [2.45, 2.75) is 6.92 Å². The first-order valence-electron chi connectivity index (χ1n) is 5.95. The summed E-state index contributed by atoms with van der Waals surface area (Å²) in [5.74, 6) is -0.182. The van der Waals surface area contributed by atoms with Crippen LogP contribution in [-0.2, 0) is 0 Å². The first-order valence-corrected chi connectivity index (χ1v) is 6.74. The number of hydrogen-bond acceptors (Lipinski definition) is 3. The van der Waals surface area contributed by atoms with Gasteiger partial charge in [-0.05, 0) is 43.3 Å². The van der Waals surface area contributed by atoms with Crippen LogP contribution in [0, 0.1) is 6.92 Å². The summed E-state index contributed by atoms with van der Waals surface area (Å²) in [6, 6.07) is 12.1. The van der Waals surface area contributed by atoms with Gasteiger partial charge in [0.15, 0.2) is 0 Å². The van der Waals surface area contributed by atoms with Crippen LogP contribution in [0.15, 0.2) is 52.0 Å². The molecule has 0 fully saturated rings. The Kier molecular flexibility index (Phi) is 4.53. The molecule has 0 aliphatic carbocycles. The quantitative estimate of drug-likeness (QED) is 0.669. The fourth-order valence-corrected chi connectivity index (χ4v) is 1.87. The van der Waals surface area contributed by atoms with Gasteiger partial charge in [0.1, 0.15) is 5.75 Å². The Morgan fingerprint density at radius 3 is 2.65 bits per heavy atom. The van der Waals surface area contributed by atoms with Crippen molar-refractivity contribution in [3.05, 3.63) is 63.6 Å². The predicted octanol–water partition coefficient (Wildman–Crippen LogP) is 3.23. The molecule has 0 atom stereocenters. The van der Waals surface area contributed by atoms with Crippen LogP contribution >= 0.6 is 15.9 Å². The van der Waals surface area contributed by atoms with Crippen molar-refractivity contribution in [3.63, 3.8) is 0 Å². The molecule has 2 rings (SSSR count). The number of phenols is 1. The minimum atomic E-state index is -0.305. The van der Waals surface area contributed by atoms with Crippen LogP contribution in [-0.4, -0.2) is 17.2 Å². The van der Waals surface area contributed by atoms with Crippen LogP contribution in [0.2, 0.25) is 0 Å². The van der Waals surface area contributed by atoms with E-state index in [-0.39, 0.29) is 11.7 Å². The monoisotopic (exact) mass is 332 g/mol. The lowest BCUT2D eigenvalue weighted by Crippen LogP contribution is -2.17. The highest BCUT2D eigenvalue weighted by Crippen LogP contribution is 2.15. The van der Waals surface area contributed by atoms with Gasteiger partial charge in [-0.2, -0.15) is 5.10 Å². The van der Waals surface area contributed by atoms with Crippen LogP contribution in [0.1, 0.15) is 21.5 Å². The number of nitrogens with zero attached hydrogens (tertiary/aromatic N) is 1. The largest absolute Gasteiger partial charge is 0.507 e. The van der Waals surface area contributed by atoms with E-state index in [0.717, 1.165) is 10.0 Å². The summed E-state index contributed by atoms with van der Waals surface area (Å²) in [6.45, 7) is 1.91. The van der Waals surface area contributed by atoms with Crippen molar-refractivity contribution in [2.24, 2.45) is 5.10 Å². The number of amides is 1. The van der Waals surface area contributed by atoms with E-state index in [4.69, 9.17) is 0 Å². The zero-order chi connectivity index (χ0) is 14.5. The molecule has 20 heavy (non-hydrogen) atoms. The van der Waals surface area contributed by atoms with Gasteiger partial charge in [-0.15, -0.1) is 0 Å². The zero-order valence-electron chi connectivity index (χ0n) is 10.8. The van der Waals surface area contributed by atoms with Gasteiger partial charge < -0.3 is 5.11 Å². The Morgan fingerprint density at radius 1 is 1.25 bits per heavy atom. The smallest absolute Gasteiger partial charge is 0.271 e. The number of nitrogens with one attached hydrogen (secondary N) is 1. The number of hydrazone groups is 1. The zero-order valence-corrected chi connectivity index (χ0v) is 12.4. The van der Waals surface area contributed by atoms with Gasteiger partial charge in [-0.1, -0.05) is 27.6 Å². The fourth-order valence-electron chi connectivity index (χ4n) is 1.60. The summed E-state index contributed by atoms with van der Waals surface area (Å²) in [4.78, 5) is 11.8. The molecule has 0 heterocycles. The maximum absolute atomic E-state index is 11.8. The number of rotatable bonds is 3. The van der Waals surface area contributed by atoms with Crippen molar-refractivity contribution in [2.75, 3.05) is 0 Å². The molecule has 2 aromatic carbocycles. The summed E-state index contributed by atoms with van der Waals surface area (Å²) in [7, 11) is 0. The second kappa shape index (κ2) is 6.34. The predicted molar refractivity (Wildman–Crippen MR) is 82.0 cm³/mol. The van der Waals surface area contributed by atoms with Crippen molar-refractivity contribution in [1.29, 1.82) is 0 Å². The third kappa shape index (κ3) is 3.68. The van der Waals surface area contributed by atoms with Gasteiger partial charge in [-0.3, -0.25) is 4.79 Å². The van der Waals surface area contributed by atoms with Crippen LogP contribution < -0.4 is 5.43 Å². The molecule has 1 amide bonds.